The Balaban J connectivity index is 1.45. The van der Waals surface area contributed by atoms with E-state index in [1.807, 2.05) is 48.7 Å². The number of hydrogen-bond acceptors (Lipinski definition) is 6. The topological polar surface area (TPSA) is 94.8 Å². The van der Waals surface area contributed by atoms with Crippen molar-refractivity contribution in [2.45, 2.75) is 18.9 Å². The molecule has 3 aromatic heterocycles. The Hall–Kier alpha value is -3.45. The lowest BCUT2D eigenvalue weighted by atomic mass is 10.1. The number of piperidine rings is 1. The zero-order chi connectivity index (χ0) is 19.6. The number of benzene rings is 1. The van der Waals surface area contributed by atoms with Crippen LogP contribution in [-0.2, 0) is 0 Å². The number of anilines is 1. The van der Waals surface area contributed by atoms with Crippen molar-refractivity contribution in [2.24, 2.45) is 0 Å². The van der Waals surface area contributed by atoms with Gasteiger partial charge in [-0.05, 0) is 32.0 Å². The quantitative estimate of drug-likeness (QED) is 0.554. The summed E-state index contributed by atoms with van der Waals surface area (Å²) in [6, 6.07) is 14.2. The second-order valence-electron chi connectivity index (χ2n) is 7.29. The van der Waals surface area contributed by atoms with Crippen LogP contribution in [0.4, 0.5) is 5.82 Å². The minimum absolute atomic E-state index is 0.424. The first-order valence-corrected chi connectivity index (χ1v) is 9.81. The Morgan fingerprint density at radius 2 is 1.83 bits per heavy atom. The molecule has 1 fully saturated rings. The van der Waals surface area contributed by atoms with Crippen LogP contribution in [0.5, 0.6) is 0 Å². The van der Waals surface area contributed by atoms with Crippen LogP contribution in [-0.4, -0.2) is 33.0 Å². The van der Waals surface area contributed by atoms with E-state index in [0.717, 1.165) is 48.2 Å². The monoisotopic (exact) mass is 386 g/mol. The normalized spacial score (nSPS) is 14.9. The molecule has 1 aromatic carbocycles. The zero-order valence-corrected chi connectivity index (χ0v) is 16.0. The third-order valence-electron chi connectivity index (χ3n) is 5.38. The first kappa shape index (κ1) is 17.6. The fourth-order valence-corrected chi connectivity index (χ4v) is 3.74. The highest BCUT2D eigenvalue weighted by molar-refractivity contribution is 5.78. The Labute approximate surface area is 168 Å². The van der Waals surface area contributed by atoms with E-state index in [1.165, 1.54) is 0 Å². The fourth-order valence-electron chi connectivity index (χ4n) is 3.74. The van der Waals surface area contributed by atoms with Crippen LogP contribution in [0.25, 0.3) is 33.7 Å². The highest BCUT2D eigenvalue weighted by atomic mass is 16.5. The minimum atomic E-state index is 0.424. The van der Waals surface area contributed by atoms with Crippen molar-refractivity contribution in [3.63, 3.8) is 0 Å². The van der Waals surface area contributed by atoms with Crippen LogP contribution in [0.15, 0.2) is 65.6 Å². The first-order valence-electron chi connectivity index (χ1n) is 9.81. The molecule has 1 aliphatic heterocycles. The van der Waals surface area contributed by atoms with Crippen molar-refractivity contribution < 1.29 is 4.52 Å². The minimum Gasteiger partial charge on any atom is -0.383 e. The van der Waals surface area contributed by atoms with Crippen molar-refractivity contribution in [2.75, 3.05) is 18.8 Å². The molecular formula is C22H22N6O. The lowest BCUT2D eigenvalue weighted by molar-refractivity contribution is 0.343. The molecule has 0 radical (unpaired) electrons. The Morgan fingerprint density at radius 3 is 2.66 bits per heavy atom. The second-order valence-corrected chi connectivity index (χ2v) is 7.29. The van der Waals surface area contributed by atoms with E-state index in [4.69, 9.17) is 10.3 Å². The van der Waals surface area contributed by atoms with E-state index in [1.54, 1.807) is 6.20 Å². The van der Waals surface area contributed by atoms with Gasteiger partial charge >= 0.3 is 0 Å². The fraction of sp³-hybridized carbons (Fsp3) is 0.227. The molecule has 0 unspecified atom stereocenters. The molecule has 7 nitrogen and oxygen atoms in total. The van der Waals surface area contributed by atoms with Gasteiger partial charge in [0.1, 0.15) is 11.5 Å². The van der Waals surface area contributed by atoms with Crippen molar-refractivity contribution in [1.82, 2.24) is 25.2 Å². The Bertz CT molecular complexity index is 1110. The van der Waals surface area contributed by atoms with Crippen molar-refractivity contribution in [3.05, 3.63) is 61.1 Å². The average Bonchev–Trinajstić information content (AvgIpc) is 3.46. The summed E-state index contributed by atoms with van der Waals surface area (Å²) in [5.41, 5.74) is 10.5. The molecule has 3 N–H and O–H groups in total. The molecular weight excluding hydrogens is 364 g/mol. The van der Waals surface area contributed by atoms with Gasteiger partial charge in [0.25, 0.3) is 0 Å². The van der Waals surface area contributed by atoms with Gasteiger partial charge in [-0.15, -0.1) is 0 Å². The SMILES string of the molecule is Nc1ncc(-c2cnn(C3CCNCC3)c2)cc1-c1cc(-c2ccccc2)on1. The molecule has 0 saturated carbocycles. The molecule has 1 saturated heterocycles. The summed E-state index contributed by atoms with van der Waals surface area (Å²) in [5, 5.41) is 12.2. The summed E-state index contributed by atoms with van der Waals surface area (Å²) >= 11 is 0. The number of rotatable bonds is 4. The predicted molar refractivity (Wildman–Crippen MR) is 112 cm³/mol. The van der Waals surface area contributed by atoms with E-state index in [9.17, 15) is 0 Å². The standard InChI is InChI=1S/C22H22N6O/c23-22-19(20-11-21(29-27-20)15-4-2-1-3-5-15)10-16(12-25-22)17-13-26-28(14-17)18-6-8-24-9-7-18/h1-5,10-14,18,24H,6-9H2,(H2,23,25). The molecule has 7 heteroatoms. The van der Waals surface area contributed by atoms with Crippen molar-refractivity contribution >= 4 is 5.82 Å². The predicted octanol–water partition coefficient (Wildman–Crippen LogP) is 3.77. The molecule has 0 aliphatic carbocycles. The molecule has 0 spiro atoms. The summed E-state index contributed by atoms with van der Waals surface area (Å²) in [5.74, 6) is 1.12. The summed E-state index contributed by atoms with van der Waals surface area (Å²) in [6.07, 6.45) is 7.93. The third kappa shape index (κ3) is 3.52. The van der Waals surface area contributed by atoms with Gasteiger partial charge in [0.2, 0.25) is 0 Å². The van der Waals surface area contributed by atoms with E-state index >= 15 is 0 Å². The summed E-state index contributed by atoms with van der Waals surface area (Å²) in [7, 11) is 0. The van der Waals surface area contributed by atoms with Gasteiger partial charge in [-0.25, -0.2) is 4.98 Å². The number of nitrogens with two attached hydrogens (primary N) is 1. The molecule has 4 aromatic rings. The lowest BCUT2D eigenvalue weighted by Gasteiger charge is -2.22. The van der Waals surface area contributed by atoms with Gasteiger partial charge < -0.3 is 15.6 Å². The van der Waals surface area contributed by atoms with Crippen molar-refractivity contribution in [3.8, 4) is 33.7 Å². The number of nitrogens with zero attached hydrogens (tertiary/aromatic N) is 4. The van der Waals surface area contributed by atoms with Gasteiger partial charge in [0.05, 0.1) is 12.2 Å². The van der Waals surface area contributed by atoms with E-state index in [2.05, 4.69) is 31.4 Å². The zero-order valence-electron chi connectivity index (χ0n) is 16.0. The molecule has 146 valence electrons. The Kier molecular flexibility index (Phi) is 4.57. The lowest BCUT2D eigenvalue weighted by Crippen LogP contribution is -2.29. The highest BCUT2D eigenvalue weighted by Gasteiger charge is 2.17. The Morgan fingerprint density at radius 1 is 1.00 bits per heavy atom. The largest absolute Gasteiger partial charge is 0.383 e. The molecule has 0 bridgehead atoms. The molecule has 5 rings (SSSR count). The third-order valence-corrected chi connectivity index (χ3v) is 5.38. The second kappa shape index (κ2) is 7.52. The van der Waals surface area contributed by atoms with Crippen LogP contribution < -0.4 is 11.1 Å². The summed E-state index contributed by atoms with van der Waals surface area (Å²) in [6.45, 7) is 2.06. The summed E-state index contributed by atoms with van der Waals surface area (Å²) in [4.78, 5) is 4.38. The van der Waals surface area contributed by atoms with Gasteiger partial charge in [-0.3, -0.25) is 4.68 Å². The smallest absolute Gasteiger partial charge is 0.167 e. The van der Waals surface area contributed by atoms with Gasteiger partial charge in [0, 0.05) is 40.7 Å². The van der Waals surface area contributed by atoms with Crippen molar-refractivity contribution in [1.29, 1.82) is 0 Å². The number of nitrogens with one attached hydrogen (secondary N) is 1. The van der Waals surface area contributed by atoms with E-state index in [-0.39, 0.29) is 0 Å². The van der Waals surface area contributed by atoms with Crippen LogP contribution in [0.2, 0.25) is 0 Å². The molecule has 4 heterocycles. The highest BCUT2D eigenvalue weighted by Crippen LogP contribution is 2.32. The number of aromatic nitrogens is 4. The molecule has 1 aliphatic rings. The molecule has 0 atom stereocenters. The maximum absolute atomic E-state index is 6.15. The van der Waals surface area contributed by atoms with E-state index in [0.29, 0.717) is 23.3 Å². The average molecular weight is 386 g/mol. The molecule has 0 amide bonds. The maximum atomic E-state index is 6.15. The summed E-state index contributed by atoms with van der Waals surface area (Å²) < 4.78 is 7.60. The van der Waals surface area contributed by atoms with Crippen LogP contribution in [0.3, 0.4) is 0 Å². The molecule has 29 heavy (non-hydrogen) atoms. The van der Waals surface area contributed by atoms with E-state index < -0.39 is 0 Å². The van der Waals surface area contributed by atoms with Crippen LogP contribution in [0, 0.1) is 0 Å². The first-order chi connectivity index (χ1) is 14.3. The van der Waals surface area contributed by atoms with Crippen LogP contribution in [0.1, 0.15) is 18.9 Å². The van der Waals surface area contributed by atoms with Gasteiger partial charge in [0.15, 0.2) is 5.76 Å². The number of nitrogen functional groups attached to an aromatic ring is 1. The number of hydrogen-bond donors (Lipinski definition) is 2. The van der Waals surface area contributed by atoms with Gasteiger partial charge in [-0.1, -0.05) is 35.5 Å². The maximum Gasteiger partial charge on any atom is 0.167 e. The van der Waals surface area contributed by atoms with Gasteiger partial charge in [-0.2, -0.15) is 5.10 Å². The van der Waals surface area contributed by atoms with Crippen LogP contribution >= 0.6 is 0 Å². The number of pyridine rings is 1.